The number of methoxy groups -OCH3 is 2. The van der Waals surface area contributed by atoms with Gasteiger partial charge in [-0.1, -0.05) is 30.3 Å². The maximum absolute atomic E-state index is 13.0. The predicted octanol–water partition coefficient (Wildman–Crippen LogP) is 2.68. The van der Waals surface area contributed by atoms with Gasteiger partial charge in [-0.2, -0.15) is 0 Å². The van der Waals surface area contributed by atoms with E-state index in [4.69, 9.17) is 9.47 Å². The maximum Gasteiger partial charge on any atom is 0.228 e. The van der Waals surface area contributed by atoms with E-state index >= 15 is 0 Å². The second kappa shape index (κ2) is 8.78. The molecule has 2 heterocycles. The van der Waals surface area contributed by atoms with Crippen molar-refractivity contribution in [2.75, 3.05) is 33.9 Å². The van der Waals surface area contributed by atoms with Crippen molar-refractivity contribution in [1.82, 2.24) is 9.80 Å². The van der Waals surface area contributed by atoms with Gasteiger partial charge in [-0.05, 0) is 41.7 Å². The molecule has 30 heavy (non-hydrogen) atoms. The van der Waals surface area contributed by atoms with Crippen LogP contribution < -0.4 is 9.47 Å². The molecule has 158 valence electrons. The first-order chi connectivity index (χ1) is 14.6. The van der Waals surface area contributed by atoms with Gasteiger partial charge < -0.3 is 19.3 Å². The number of carbonyl (C=O) groups excluding carboxylic acids is 2. The zero-order valence-electron chi connectivity index (χ0n) is 17.6. The van der Waals surface area contributed by atoms with Crippen LogP contribution in [-0.4, -0.2) is 55.5 Å². The molecule has 0 aliphatic carbocycles. The van der Waals surface area contributed by atoms with Gasteiger partial charge in [0.25, 0.3) is 0 Å². The minimum Gasteiger partial charge on any atom is -0.493 e. The standard InChI is InChI=1S/C24H28N2O4/c1-29-21-8-7-17(13-22(21)30-2)9-11-25-16-20(14-23(25)27)24(28)26-12-10-18-5-3-4-6-19(18)15-26/h3-8,13,20H,9-12,14-16H2,1-2H3/t20-/m1/s1. The highest BCUT2D eigenvalue weighted by Gasteiger charge is 2.37. The zero-order valence-corrected chi connectivity index (χ0v) is 17.6. The lowest BCUT2D eigenvalue weighted by molar-refractivity contribution is -0.136. The van der Waals surface area contributed by atoms with E-state index in [1.165, 1.54) is 11.1 Å². The van der Waals surface area contributed by atoms with E-state index in [1.54, 1.807) is 14.2 Å². The summed E-state index contributed by atoms with van der Waals surface area (Å²) in [5.41, 5.74) is 3.61. The van der Waals surface area contributed by atoms with E-state index in [9.17, 15) is 9.59 Å². The van der Waals surface area contributed by atoms with Crippen LogP contribution in [0.5, 0.6) is 11.5 Å². The molecule has 0 spiro atoms. The summed E-state index contributed by atoms with van der Waals surface area (Å²) in [6.45, 7) is 2.47. The Morgan fingerprint density at radius 3 is 2.60 bits per heavy atom. The molecule has 2 aliphatic heterocycles. The van der Waals surface area contributed by atoms with E-state index < -0.39 is 0 Å². The lowest BCUT2D eigenvalue weighted by atomic mass is 9.98. The van der Waals surface area contributed by atoms with E-state index in [-0.39, 0.29) is 17.7 Å². The monoisotopic (exact) mass is 408 g/mol. The minimum absolute atomic E-state index is 0.0613. The van der Waals surface area contributed by atoms with Crippen LogP contribution in [-0.2, 0) is 29.0 Å². The first kappa shape index (κ1) is 20.3. The fourth-order valence-corrected chi connectivity index (χ4v) is 4.40. The van der Waals surface area contributed by atoms with E-state index in [1.807, 2.05) is 40.1 Å². The summed E-state index contributed by atoms with van der Waals surface area (Å²) in [5.74, 6) is 1.29. The summed E-state index contributed by atoms with van der Waals surface area (Å²) in [6, 6.07) is 14.1. The van der Waals surface area contributed by atoms with Gasteiger partial charge in [0.2, 0.25) is 11.8 Å². The van der Waals surface area contributed by atoms with Crippen LogP contribution in [0.15, 0.2) is 42.5 Å². The zero-order chi connectivity index (χ0) is 21.1. The smallest absolute Gasteiger partial charge is 0.228 e. The van der Waals surface area contributed by atoms with Crippen molar-refractivity contribution in [3.05, 3.63) is 59.2 Å². The Labute approximate surface area is 177 Å². The first-order valence-electron chi connectivity index (χ1n) is 10.4. The van der Waals surface area contributed by atoms with Crippen LogP contribution in [0.3, 0.4) is 0 Å². The van der Waals surface area contributed by atoms with Crippen LogP contribution >= 0.6 is 0 Å². The summed E-state index contributed by atoms with van der Waals surface area (Å²) in [6.07, 6.45) is 1.90. The number of carbonyl (C=O) groups is 2. The highest BCUT2D eigenvalue weighted by Crippen LogP contribution is 2.29. The number of ether oxygens (including phenoxy) is 2. The predicted molar refractivity (Wildman–Crippen MR) is 114 cm³/mol. The van der Waals surface area contributed by atoms with Gasteiger partial charge in [-0.15, -0.1) is 0 Å². The topological polar surface area (TPSA) is 59.1 Å². The molecular formula is C24H28N2O4. The second-order valence-corrected chi connectivity index (χ2v) is 7.96. The average Bonchev–Trinajstić information content (AvgIpc) is 3.17. The second-order valence-electron chi connectivity index (χ2n) is 7.96. The van der Waals surface area contributed by atoms with E-state index in [2.05, 4.69) is 12.1 Å². The summed E-state index contributed by atoms with van der Waals surface area (Å²) in [5, 5.41) is 0. The Hall–Kier alpha value is -3.02. The molecule has 1 atom stereocenters. The van der Waals surface area contributed by atoms with Gasteiger partial charge in [0.05, 0.1) is 20.1 Å². The Morgan fingerprint density at radius 2 is 1.83 bits per heavy atom. The number of rotatable bonds is 6. The molecule has 0 radical (unpaired) electrons. The fourth-order valence-electron chi connectivity index (χ4n) is 4.40. The van der Waals surface area contributed by atoms with Gasteiger partial charge in [-0.25, -0.2) is 0 Å². The number of fused-ring (bicyclic) bond motifs is 1. The Balaban J connectivity index is 1.35. The van der Waals surface area contributed by atoms with Gasteiger partial charge in [-0.3, -0.25) is 9.59 Å². The highest BCUT2D eigenvalue weighted by atomic mass is 16.5. The lowest BCUT2D eigenvalue weighted by Crippen LogP contribution is -2.40. The van der Waals surface area contributed by atoms with Crippen molar-refractivity contribution < 1.29 is 19.1 Å². The number of nitrogens with zero attached hydrogens (tertiary/aromatic N) is 2. The summed E-state index contributed by atoms with van der Waals surface area (Å²) in [7, 11) is 3.22. The Kier molecular flexibility index (Phi) is 5.93. The molecule has 2 aromatic carbocycles. The molecule has 0 aromatic heterocycles. The Bertz CT molecular complexity index is 943. The SMILES string of the molecule is COc1ccc(CCN2C[C@H](C(=O)N3CCc4ccccc4C3)CC2=O)cc1OC. The van der Waals surface area contributed by atoms with Crippen molar-refractivity contribution in [2.45, 2.75) is 25.8 Å². The van der Waals surface area contributed by atoms with Crippen molar-refractivity contribution in [2.24, 2.45) is 5.92 Å². The number of hydrogen-bond donors (Lipinski definition) is 0. The van der Waals surface area contributed by atoms with Gasteiger partial charge in [0, 0.05) is 32.6 Å². The molecule has 0 saturated carbocycles. The first-order valence-corrected chi connectivity index (χ1v) is 10.4. The van der Waals surface area contributed by atoms with Gasteiger partial charge in [0.1, 0.15) is 0 Å². The van der Waals surface area contributed by atoms with Crippen molar-refractivity contribution in [3.63, 3.8) is 0 Å². The average molecular weight is 408 g/mol. The van der Waals surface area contributed by atoms with Crippen molar-refractivity contribution >= 4 is 11.8 Å². The van der Waals surface area contributed by atoms with Crippen LogP contribution in [0.25, 0.3) is 0 Å². The molecule has 4 rings (SSSR count). The maximum atomic E-state index is 13.0. The van der Waals surface area contributed by atoms with Crippen molar-refractivity contribution in [3.8, 4) is 11.5 Å². The summed E-state index contributed by atoms with van der Waals surface area (Å²) < 4.78 is 10.6. The molecule has 2 aliphatic rings. The normalized spacial score (nSPS) is 18.3. The molecule has 2 aromatic rings. The van der Waals surface area contributed by atoms with Crippen molar-refractivity contribution in [1.29, 1.82) is 0 Å². The van der Waals surface area contributed by atoms with Crippen LogP contribution in [0.4, 0.5) is 0 Å². The summed E-state index contributed by atoms with van der Waals surface area (Å²) in [4.78, 5) is 29.3. The molecule has 0 N–H and O–H groups in total. The third-order valence-corrected chi connectivity index (χ3v) is 6.12. The number of likely N-dealkylation sites (tertiary alicyclic amines) is 1. The summed E-state index contributed by atoms with van der Waals surface area (Å²) >= 11 is 0. The van der Waals surface area contributed by atoms with Crippen LogP contribution in [0, 0.1) is 5.92 Å². The van der Waals surface area contributed by atoms with Crippen LogP contribution in [0.2, 0.25) is 0 Å². The molecule has 1 saturated heterocycles. The largest absolute Gasteiger partial charge is 0.493 e. The van der Waals surface area contributed by atoms with Gasteiger partial charge >= 0.3 is 0 Å². The number of benzene rings is 2. The molecule has 2 amide bonds. The van der Waals surface area contributed by atoms with E-state index in [0.29, 0.717) is 44.0 Å². The third-order valence-electron chi connectivity index (χ3n) is 6.12. The van der Waals surface area contributed by atoms with Gasteiger partial charge in [0.15, 0.2) is 11.5 Å². The molecule has 0 unspecified atom stereocenters. The molecule has 6 heteroatoms. The molecule has 6 nitrogen and oxygen atoms in total. The Morgan fingerprint density at radius 1 is 1.07 bits per heavy atom. The van der Waals surface area contributed by atoms with Crippen LogP contribution in [0.1, 0.15) is 23.1 Å². The lowest BCUT2D eigenvalue weighted by Gasteiger charge is -2.30. The number of hydrogen-bond acceptors (Lipinski definition) is 4. The quantitative estimate of drug-likeness (QED) is 0.737. The fraction of sp³-hybridized carbons (Fsp3) is 0.417. The molecule has 0 bridgehead atoms. The minimum atomic E-state index is -0.242. The number of amides is 2. The molecule has 1 fully saturated rings. The van der Waals surface area contributed by atoms with E-state index in [0.717, 1.165) is 18.5 Å². The molecular weight excluding hydrogens is 380 g/mol. The third kappa shape index (κ3) is 4.13. The highest BCUT2D eigenvalue weighted by molar-refractivity contribution is 5.89.